The van der Waals surface area contributed by atoms with E-state index in [1.165, 1.54) is 5.39 Å². The highest BCUT2D eigenvalue weighted by Gasteiger charge is 2.01. The summed E-state index contributed by atoms with van der Waals surface area (Å²) in [5.41, 5.74) is 6.37. The molecule has 0 unspecified atom stereocenters. The maximum atomic E-state index is 5.80. The van der Waals surface area contributed by atoms with Crippen molar-refractivity contribution in [1.82, 2.24) is 4.98 Å². The Morgan fingerprint density at radius 2 is 1.70 bits per heavy atom. The van der Waals surface area contributed by atoms with Gasteiger partial charge in [-0.1, -0.05) is 28.1 Å². The fourth-order valence-corrected chi connectivity index (χ4v) is 2.37. The van der Waals surface area contributed by atoms with Crippen molar-refractivity contribution in [3.8, 4) is 11.5 Å². The summed E-state index contributed by atoms with van der Waals surface area (Å²) < 4.78 is 6.87. The van der Waals surface area contributed by atoms with Crippen molar-refractivity contribution in [1.29, 1.82) is 0 Å². The van der Waals surface area contributed by atoms with Gasteiger partial charge in [-0.3, -0.25) is 4.98 Å². The van der Waals surface area contributed by atoms with E-state index in [0.29, 0.717) is 12.3 Å². The molecule has 0 radical (unpaired) electrons. The van der Waals surface area contributed by atoms with E-state index in [4.69, 9.17) is 10.5 Å². The van der Waals surface area contributed by atoms with Crippen LogP contribution in [-0.4, -0.2) is 4.98 Å². The van der Waals surface area contributed by atoms with Gasteiger partial charge in [0.25, 0.3) is 0 Å². The Morgan fingerprint density at radius 3 is 2.45 bits per heavy atom. The third kappa shape index (κ3) is 2.81. The molecule has 1 heterocycles. The number of nitrogens with zero attached hydrogens (tertiary/aromatic N) is 1. The zero-order chi connectivity index (χ0) is 13.9. The Morgan fingerprint density at radius 1 is 0.950 bits per heavy atom. The molecular weight excluding hydrogens is 316 g/mol. The summed E-state index contributed by atoms with van der Waals surface area (Å²) in [6.45, 7) is 0.436. The van der Waals surface area contributed by atoms with Crippen LogP contribution in [0.5, 0.6) is 11.5 Å². The van der Waals surface area contributed by atoms with E-state index in [9.17, 15) is 0 Å². The molecule has 4 heteroatoms. The molecule has 0 aliphatic rings. The van der Waals surface area contributed by atoms with Crippen LogP contribution in [0.1, 0.15) is 5.69 Å². The lowest BCUT2D eigenvalue weighted by atomic mass is 10.1. The number of rotatable bonds is 3. The topological polar surface area (TPSA) is 48.1 Å². The second-order valence-corrected chi connectivity index (χ2v) is 5.36. The zero-order valence-corrected chi connectivity index (χ0v) is 12.3. The fraction of sp³-hybridized carbons (Fsp3) is 0.0625. The lowest BCUT2D eigenvalue weighted by Gasteiger charge is -2.07. The van der Waals surface area contributed by atoms with Crippen LogP contribution in [0.3, 0.4) is 0 Å². The monoisotopic (exact) mass is 328 g/mol. The number of nitrogens with two attached hydrogens (primary N) is 1. The molecule has 0 atom stereocenters. The van der Waals surface area contributed by atoms with E-state index in [0.717, 1.165) is 21.3 Å². The van der Waals surface area contributed by atoms with Crippen LogP contribution < -0.4 is 10.5 Å². The lowest BCUT2D eigenvalue weighted by Crippen LogP contribution is -1.98. The normalized spacial score (nSPS) is 10.7. The highest BCUT2D eigenvalue weighted by molar-refractivity contribution is 9.10. The molecule has 0 aliphatic heterocycles. The van der Waals surface area contributed by atoms with Gasteiger partial charge in [0, 0.05) is 11.0 Å². The van der Waals surface area contributed by atoms with Crippen LogP contribution in [0, 0.1) is 0 Å². The Hall–Kier alpha value is -1.91. The van der Waals surface area contributed by atoms with Gasteiger partial charge in [-0.15, -0.1) is 0 Å². The molecule has 3 aromatic rings. The molecule has 0 amide bonds. The molecule has 1 aromatic heterocycles. The van der Waals surface area contributed by atoms with Crippen LogP contribution in [0.4, 0.5) is 0 Å². The predicted molar refractivity (Wildman–Crippen MR) is 83.9 cm³/mol. The summed E-state index contributed by atoms with van der Waals surface area (Å²) in [7, 11) is 0. The summed E-state index contributed by atoms with van der Waals surface area (Å²) in [5, 5.41) is 2.31. The SMILES string of the molecule is NCc1ccc(Oc2ccc3cc(Br)ccc3c2)cn1. The second kappa shape index (κ2) is 5.61. The molecule has 0 saturated heterocycles. The van der Waals surface area contributed by atoms with E-state index in [-0.39, 0.29) is 0 Å². The van der Waals surface area contributed by atoms with E-state index in [1.807, 2.05) is 36.4 Å². The number of fused-ring (bicyclic) bond motifs is 1. The molecular formula is C16H13BrN2O. The summed E-state index contributed by atoms with van der Waals surface area (Å²) in [6, 6.07) is 15.9. The quantitative estimate of drug-likeness (QED) is 0.781. The van der Waals surface area contributed by atoms with Crippen molar-refractivity contribution < 1.29 is 4.74 Å². The van der Waals surface area contributed by atoms with E-state index in [2.05, 4.69) is 33.0 Å². The molecule has 2 aromatic carbocycles. The highest BCUT2D eigenvalue weighted by atomic mass is 79.9. The third-order valence-corrected chi connectivity index (χ3v) is 3.51. The van der Waals surface area contributed by atoms with Crippen LogP contribution in [0.15, 0.2) is 59.2 Å². The molecule has 0 spiro atoms. The molecule has 0 bridgehead atoms. The smallest absolute Gasteiger partial charge is 0.145 e. The average molecular weight is 329 g/mol. The summed E-state index contributed by atoms with van der Waals surface area (Å²) in [6.07, 6.45) is 1.69. The van der Waals surface area contributed by atoms with Gasteiger partial charge in [-0.05, 0) is 47.2 Å². The van der Waals surface area contributed by atoms with Crippen molar-refractivity contribution in [3.05, 3.63) is 64.9 Å². The number of hydrogen-bond donors (Lipinski definition) is 1. The fourth-order valence-electron chi connectivity index (χ4n) is 1.99. The number of aromatic nitrogens is 1. The first-order chi connectivity index (χ1) is 9.74. The van der Waals surface area contributed by atoms with Gasteiger partial charge in [0.2, 0.25) is 0 Å². The molecule has 20 heavy (non-hydrogen) atoms. The van der Waals surface area contributed by atoms with Crippen LogP contribution in [0.25, 0.3) is 10.8 Å². The summed E-state index contributed by atoms with van der Waals surface area (Å²) >= 11 is 3.47. The molecule has 0 aliphatic carbocycles. The Bertz CT molecular complexity index is 741. The average Bonchev–Trinajstić information content (AvgIpc) is 2.48. The Balaban J connectivity index is 1.88. The van der Waals surface area contributed by atoms with E-state index in [1.54, 1.807) is 6.20 Å². The van der Waals surface area contributed by atoms with Crippen LogP contribution in [0.2, 0.25) is 0 Å². The molecule has 100 valence electrons. The first-order valence-corrected chi connectivity index (χ1v) is 7.06. The molecule has 0 saturated carbocycles. The van der Waals surface area contributed by atoms with Gasteiger partial charge < -0.3 is 10.5 Å². The predicted octanol–water partition coefficient (Wildman–Crippen LogP) is 4.25. The van der Waals surface area contributed by atoms with Gasteiger partial charge in [-0.2, -0.15) is 0 Å². The van der Waals surface area contributed by atoms with Gasteiger partial charge in [0.1, 0.15) is 11.5 Å². The highest BCUT2D eigenvalue weighted by Crippen LogP contribution is 2.27. The summed E-state index contributed by atoms with van der Waals surface area (Å²) in [4.78, 5) is 4.21. The zero-order valence-electron chi connectivity index (χ0n) is 10.7. The Kier molecular flexibility index (Phi) is 3.67. The van der Waals surface area contributed by atoms with Crippen molar-refractivity contribution in [2.45, 2.75) is 6.54 Å². The number of halogens is 1. The van der Waals surface area contributed by atoms with E-state index < -0.39 is 0 Å². The standard InChI is InChI=1S/C16H13BrN2O/c17-13-3-1-12-8-15(5-2-11(12)7-13)20-16-6-4-14(9-18)19-10-16/h1-8,10H,9,18H2. The molecule has 3 nitrogen and oxygen atoms in total. The lowest BCUT2D eigenvalue weighted by molar-refractivity contribution is 0.480. The largest absolute Gasteiger partial charge is 0.456 e. The van der Waals surface area contributed by atoms with Gasteiger partial charge >= 0.3 is 0 Å². The second-order valence-electron chi connectivity index (χ2n) is 4.44. The number of ether oxygens (including phenoxy) is 1. The van der Waals surface area contributed by atoms with Crippen molar-refractivity contribution >= 4 is 26.7 Å². The Labute approximate surface area is 125 Å². The van der Waals surface area contributed by atoms with Crippen molar-refractivity contribution in [3.63, 3.8) is 0 Å². The van der Waals surface area contributed by atoms with Crippen molar-refractivity contribution in [2.75, 3.05) is 0 Å². The van der Waals surface area contributed by atoms with Crippen LogP contribution >= 0.6 is 15.9 Å². The molecule has 2 N–H and O–H groups in total. The minimum Gasteiger partial charge on any atom is -0.456 e. The van der Waals surface area contributed by atoms with Crippen molar-refractivity contribution in [2.24, 2.45) is 5.73 Å². The number of pyridine rings is 1. The molecule has 3 rings (SSSR count). The van der Waals surface area contributed by atoms with Gasteiger partial charge in [0.05, 0.1) is 11.9 Å². The van der Waals surface area contributed by atoms with E-state index >= 15 is 0 Å². The first-order valence-electron chi connectivity index (χ1n) is 6.27. The van der Waals surface area contributed by atoms with Gasteiger partial charge in [-0.25, -0.2) is 0 Å². The minimum absolute atomic E-state index is 0.436. The number of hydrogen-bond acceptors (Lipinski definition) is 3. The molecule has 0 fully saturated rings. The maximum absolute atomic E-state index is 5.80. The first kappa shape index (κ1) is 13.1. The van der Waals surface area contributed by atoms with Crippen LogP contribution in [-0.2, 0) is 6.54 Å². The summed E-state index contributed by atoms with van der Waals surface area (Å²) in [5.74, 6) is 1.50. The van der Waals surface area contributed by atoms with Gasteiger partial charge in [0.15, 0.2) is 0 Å². The maximum Gasteiger partial charge on any atom is 0.145 e. The third-order valence-electron chi connectivity index (χ3n) is 3.02. The minimum atomic E-state index is 0.436. The number of benzene rings is 2.